The van der Waals surface area contributed by atoms with Gasteiger partial charge >= 0.3 is 11.9 Å². The van der Waals surface area contributed by atoms with Gasteiger partial charge in [-0.15, -0.1) is 0 Å². The van der Waals surface area contributed by atoms with Crippen LogP contribution in [0.25, 0.3) is 0 Å². The molecule has 16 heavy (non-hydrogen) atoms. The van der Waals surface area contributed by atoms with Gasteiger partial charge in [-0.25, -0.2) is 4.79 Å². The van der Waals surface area contributed by atoms with Gasteiger partial charge in [0.25, 0.3) is 0 Å². The first-order chi connectivity index (χ1) is 7.50. The van der Waals surface area contributed by atoms with Crippen LogP contribution >= 0.6 is 0 Å². The van der Waals surface area contributed by atoms with Gasteiger partial charge in [-0.2, -0.15) is 0 Å². The Morgan fingerprint density at radius 1 is 1.19 bits per heavy atom. The van der Waals surface area contributed by atoms with E-state index in [1.54, 1.807) is 12.1 Å². The standard InChI is InChI=1S/C12H14O4/c1-8(2-7-11(13)14)9-3-5-10(6-4-9)12(15)16/h3-6,8H,2,7H2,1H3,(H,13,14)(H,15,16). The maximum absolute atomic E-state index is 10.6. The van der Waals surface area contributed by atoms with Gasteiger partial charge in [0, 0.05) is 6.42 Å². The average Bonchev–Trinajstić information content (AvgIpc) is 2.26. The Bertz CT molecular complexity index is 381. The van der Waals surface area contributed by atoms with Crippen molar-refractivity contribution in [2.24, 2.45) is 0 Å². The minimum Gasteiger partial charge on any atom is -0.481 e. The molecular weight excluding hydrogens is 208 g/mol. The molecule has 0 bridgehead atoms. The highest BCUT2D eigenvalue weighted by atomic mass is 16.4. The van der Waals surface area contributed by atoms with Crippen LogP contribution in [-0.2, 0) is 4.79 Å². The van der Waals surface area contributed by atoms with Gasteiger partial charge in [-0.3, -0.25) is 4.79 Å². The average molecular weight is 222 g/mol. The Hall–Kier alpha value is -1.84. The van der Waals surface area contributed by atoms with Crippen molar-refractivity contribution in [1.82, 2.24) is 0 Å². The summed E-state index contributed by atoms with van der Waals surface area (Å²) in [7, 11) is 0. The topological polar surface area (TPSA) is 74.6 Å². The molecule has 0 aliphatic rings. The summed E-state index contributed by atoms with van der Waals surface area (Å²) in [5.74, 6) is -1.64. The number of rotatable bonds is 5. The number of carboxylic acid groups (broad SMARTS) is 2. The summed E-state index contributed by atoms with van der Waals surface area (Å²) in [6.45, 7) is 1.93. The molecule has 86 valence electrons. The van der Waals surface area contributed by atoms with E-state index in [1.807, 2.05) is 6.92 Å². The van der Waals surface area contributed by atoms with Crippen molar-refractivity contribution in [2.75, 3.05) is 0 Å². The third-order valence-corrected chi connectivity index (χ3v) is 2.52. The summed E-state index contributed by atoms with van der Waals surface area (Å²) >= 11 is 0. The molecule has 4 heteroatoms. The molecule has 0 saturated carbocycles. The zero-order valence-electron chi connectivity index (χ0n) is 9.01. The molecule has 1 atom stereocenters. The summed E-state index contributed by atoms with van der Waals surface area (Å²) in [4.78, 5) is 21.0. The van der Waals surface area contributed by atoms with E-state index in [1.165, 1.54) is 12.1 Å². The molecule has 0 aliphatic carbocycles. The molecule has 0 fully saturated rings. The van der Waals surface area contributed by atoms with E-state index in [2.05, 4.69) is 0 Å². The first kappa shape index (κ1) is 12.2. The van der Waals surface area contributed by atoms with Crippen molar-refractivity contribution < 1.29 is 19.8 Å². The second kappa shape index (κ2) is 5.30. The number of aromatic carboxylic acids is 1. The summed E-state index contributed by atoms with van der Waals surface area (Å²) in [6.07, 6.45) is 0.684. The first-order valence-electron chi connectivity index (χ1n) is 5.05. The van der Waals surface area contributed by atoms with E-state index in [-0.39, 0.29) is 17.9 Å². The molecular formula is C12H14O4. The van der Waals surface area contributed by atoms with E-state index in [4.69, 9.17) is 10.2 Å². The molecule has 0 amide bonds. The Balaban J connectivity index is 2.66. The van der Waals surface area contributed by atoms with Gasteiger partial charge in [-0.1, -0.05) is 19.1 Å². The second-order valence-corrected chi connectivity index (χ2v) is 3.76. The Kier molecular flexibility index (Phi) is 4.05. The van der Waals surface area contributed by atoms with Gasteiger partial charge in [0.1, 0.15) is 0 Å². The number of carbonyl (C=O) groups is 2. The quantitative estimate of drug-likeness (QED) is 0.801. The Labute approximate surface area is 93.5 Å². The van der Waals surface area contributed by atoms with Gasteiger partial charge in [0.15, 0.2) is 0 Å². The molecule has 1 aromatic rings. The number of aliphatic carboxylic acids is 1. The third-order valence-electron chi connectivity index (χ3n) is 2.52. The molecule has 0 heterocycles. The molecule has 1 unspecified atom stereocenters. The molecule has 0 aromatic heterocycles. The molecule has 0 aliphatic heterocycles. The lowest BCUT2D eigenvalue weighted by atomic mass is 9.95. The molecule has 1 aromatic carbocycles. The van der Waals surface area contributed by atoms with Crippen LogP contribution in [0.4, 0.5) is 0 Å². The third kappa shape index (κ3) is 3.38. The highest BCUT2D eigenvalue weighted by Crippen LogP contribution is 2.20. The van der Waals surface area contributed by atoms with E-state index in [0.717, 1.165) is 5.56 Å². The predicted octanol–water partition coefficient (Wildman–Crippen LogP) is 2.35. The van der Waals surface area contributed by atoms with Crippen molar-refractivity contribution in [1.29, 1.82) is 0 Å². The van der Waals surface area contributed by atoms with Crippen molar-refractivity contribution in [3.05, 3.63) is 35.4 Å². The van der Waals surface area contributed by atoms with Crippen LogP contribution in [0.2, 0.25) is 0 Å². The van der Waals surface area contributed by atoms with Gasteiger partial charge in [0.05, 0.1) is 5.56 Å². The molecule has 1 rings (SSSR count). The molecule has 2 N–H and O–H groups in total. The lowest BCUT2D eigenvalue weighted by molar-refractivity contribution is -0.137. The zero-order chi connectivity index (χ0) is 12.1. The van der Waals surface area contributed by atoms with Crippen molar-refractivity contribution in [3.8, 4) is 0 Å². The van der Waals surface area contributed by atoms with Crippen LogP contribution < -0.4 is 0 Å². The van der Waals surface area contributed by atoms with Crippen LogP contribution in [0, 0.1) is 0 Å². The number of hydrogen-bond acceptors (Lipinski definition) is 2. The van der Waals surface area contributed by atoms with Crippen molar-refractivity contribution >= 4 is 11.9 Å². The summed E-state index contributed by atoms with van der Waals surface area (Å²) in [5, 5.41) is 17.3. The zero-order valence-corrected chi connectivity index (χ0v) is 9.01. The minimum absolute atomic E-state index is 0.124. The monoisotopic (exact) mass is 222 g/mol. The van der Waals surface area contributed by atoms with Crippen LogP contribution in [0.3, 0.4) is 0 Å². The SMILES string of the molecule is CC(CCC(=O)O)c1ccc(C(=O)O)cc1. The Morgan fingerprint density at radius 3 is 2.19 bits per heavy atom. The number of hydrogen-bond donors (Lipinski definition) is 2. The minimum atomic E-state index is -0.954. The van der Waals surface area contributed by atoms with Crippen molar-refractivity contribution in [3.63, 3.8) is 0 Å². The number of benzene rings is 1. The van der Waals surface area contributed by atoms with Gasteiger partial charge in [-0.05, 0) is 30.0 Å². The second-order valence-electron chi connectivity index (χ2n) is 3.76. The van der Waals surface area contributed by atoms with E-state index in [0.29, 0.717) is 6.42 Å². The predicted molar refractivity (Wildman–Crippen MR) is 58.7 cm³/mol. The first-order valence-corrected chi connectivity index (χ1v) is 5.05. The van der Waals surface area contributed by atoms with Crippen LogP contribution in [0.5, 0.6) is 0 Å². The molecule has 0 radical (unpaired) electrons. The van der Waals surface area contributed by atoms with Gasteiger partial charge in [0.2, 0.25) is 0 Å². The maximum atomic E-state index is 10.6. The fraction of sp³-hybridized carbons (Fsp3) is 0.333. The smallest absolute Gasteiger partial charge is 0.335 e. The lowest BCUT2D eigenvalue weighted by Crippen LogP contribution is -2.01. The summed E-state index contributed by atoms with van der Waals surface area (Å²) in [6, 6.07) is 6.54. The molecule has 4 nitrogen and oxygen atoms in total. The lowest BCUT2D eigenvalue weighted by Gasteiger charge is -2.10. The van der Waals surface area contributed by atoms with E-state index in [9.17, 15) is 9.59 Å². The largest absolute Gasteiger partial charge is 0.481 e. The highest BCUT2D eigenvalue weighted by Gasteiger charge is 2.09. The summed E-state index contributed by atoms with van der Waals surface area (Å²) < 4.78 is 0. The fourth-order valence-corrected chi connectivity index (χ4v) is 1.46. The summed E-state index contributed by atoms with van der Waals surface area (Å²) in [5.41, 5.74) is 1.21. The van der Waals surface area contributed by atoms with Crippen molar-refractivity contribution in [2.45, 2.75) is 25.7 Å². The maximum Gasteiger partial charge on any atom is 0.335 e. The fourth-order valence-electron chi connectivity index (χ4n) is 1.46. The molecule has 0 saturated heterocycles. The molecule has 0 spiro atoms. The normalized spacial score (nSPS) is 12.1. The Morgan fingerprint density at radius 2 is 1.75 bits per heavy atom. The van der Waals surface area contributed by atoms with E-state index >= 15 is 0 Å². The van der Waals surface area contributed by atoms with E-state index < -0.39 is 11.9 Å². The van der Waals surface area contributed by atoms with Crippen LogP contribution in [-0.4, -0.2) is 22.2 Å². The highest BCUT2D eigenvalue weighted by molar-refractivity contribution is 5.87. The van der Waals surface area contributed by atoms with Crippen LogP contribution in [0.1, 0.15) is 41.6 Å². The van der Waals surface area contributed by atoms with Gasteiger partial charge < -0.3 is 10.2 Å². The number of carboxylic acids is 2. The van der Waals surface area contributed by atoms with Crippen LogP contribution in [0.15, 0.2) is 24.3 Å².